The lowest BCUT2D eigenvalue weighted by molar-refractivity contribution is 0.0938. The van der Waals surface area contributed by atoms with E-state index in [-0.39, 0.29) is 16.5 Å². The van der Waals surface area contributed by atoms with Gasteiger partial charge in [0.15, 0.2) is 0 Å². The van der Waals surface area contributed by atoms with E-state index in [4.69, 9.17) is 16.0 Å². The maximum atomic E-state index is 13.3. The van der Waals surface area contributed by atoms with Gasteiger partial charge in [-0.1, -0.05) is 47.0 Å². The topological polar surface area (TPSA) is 71.3 Å². The van der Waals surface area contributed by atoms with Crippen LogP contribution >= 0.6 is 11.6 Å². The molecule has 0 bridgehead atoms. The van der Waals surface area contributed by atoms with Crippen LogP contribution in [-0.2, 0) is 0 Å². The van der Waals surface area contributed by atoms with Gasteiger partial charge in [-0.15, -0.1) is 5.10 Å². The smallest absolute Gasteiger partial charge is 0.318 e. The van der Waals surface area contributed by atoms with E-state index in [1.165, 1.54) is 12.1 Å². The molecule has 1 amide bonds. The SMILES string of the molecule is O=C(N[C@@H](c1ccccc1)c1nnc(N2CCCC2)o1)c1ccc(F)cc1Cl. The first-order valence-electron chi connectivity index (χ1n) is 9.01. The highest BCUT2D eigenvalue weighted by atomic mass is 35.5. The standard InChI is InChI=1S/C20H18ClFN4O2/c21-16-12-14(22)8-9-15(16)18(27)23-17(13-6-2-1-3-7-13)19-24-25-20(28-19)26-10-4-5-11-26/h1-3,6-9,12,17H,4-5,10-11H2,(H,23,27)/t17-/m0/s1. The van der Waals surface area contributed by atoms with Gasteiger partial charge in [-0.3, -0.25) is 4.79 Å². The summed E-state index contributed by atoms with van der Waals surface area (Å²) in [7, 11) is 0. The van der Waals surface area contributed by atoms with Gasteiger partial charge in [-0.25, -0.2) is 4.39 Å². The van der Waals surface area contributed by atoms with Crippen LogP contribution in [0.25, 0.3) is 0 Å². The molecule has 0 radical (unpaired) electrons. The summed E-state index contributed by atoms with van der Waals surface area (Å²) in [6.07, 6.45) is 2.17. The highest BCUT2D eigenvalue weighted by Crippen LogP contribution is 2.26. The lowest BCUT2D eigenvalue weighted by atomic mass is 10.1. The van der Waals surface area contributed by atoms with Crippen LogP contribution in [0.2, 0.25) is 5.02 Å². The van der Waals surface area contributed by atoms with Crippen molar-refractivity contribution >= 4 is 23.5 Å². The summed E-state index contributed by atoms with van der Waals surface area (Å²) in [4.78, 5) is 14.8. The van der Waals surface area contributed by atoms with E-state index in [1.807, 2.05) is 35.2 Å². The van der Waals surface area contributed by atoms with E-state index in [9.17, 15) is 9.18 Å². The molecular formula is C20H18ClFN4O2. The number of hydrogen-bond donors (Lipinski definition) is 1. The average Bonchev–Trinajstić information content (AvgIpc) is 3.38. The van der Waals surface area contributed by atoms with Crippen LogP contribution in [0.4, 0.5) is 10.4 Å². The number of rotatable bonds is 5. The molecule has 1 aromatic heterocycles. The van der Waals surface area contributed by atoms with E-state index in [0.717, 1.165) is 37.6 Å². The molecule has 1 saturated heterocycles. The predicted molar refractivity (Wildman–Crippen MR) is 103 cm³/mol. The Morgan fingerprint density at radius 2 is 1.89 bits per heavy atom. The molecule has 0 aliphatic carbocycles. The number of amides is 1. The summed E-state index contributed by atoms with van der Waals surface area (Å²) >= 11 is 6.03. The molecule has 3 aromatic rings. The molecule has 4 rings (SSSR count). The molecule has 1 fully saturated rings. The lowest BCUT2D eigenvalue weighted by Gasteiger charge is -2.17. The van der Waals surface area contributed by atoms with E-state index in [2.05, 4.69) is 15.5 Å². The normalized spacial score (nSPS) is 14.9. The molecule has 1 atom stereocenters. The average molecular weight is 401 g/mol. The van der Waals surface area contributed by atoms with Crippen molar-refractivity contribution in [3.05, 3.63) is 76.4 Å². The van der Waals surface area contributed by atoms with Crippen LogP contribution in [0.3, 0.4) is 0 Å². The van der Waals surface area contributed by atoms with Gasteiger partial charge < -0.3 is 14.6 Å². The number of aromatic nitrogens is 2. The Labute approximate surface area is 166 Å². The van der Waals surface area contributed by atoms with E-state index >= 15 is 0 Å². The monoisotopic (exact) mass is 400 g/mol. The molecule has 0 unspecified atom stereocenters. The van der Waals surface area contributed by atoms with Crippen molar-refractivity contribution in [2.45, 2.75) is 18.9 Å². The molecule has 6 nitrogen and oxygen atoms in total. The van der Waals surface area contributed by atoms with Crippen molar-refractivity contribution < 1.29 is 13.6 Å². The first kappa shape index (κ1) is 18.4. The zero-order valence-corrected chi connectivity index (χ0v) is 15.7. The zero-order chi connectivity index (χ0) is 19.5. The van der Waals surface area contributed by atoms with E-state index in [0.29, 0.717) is 6.01 Å². The maximum absolute atomic E-state index is 13.3. The molecule has 1 aliphatic rings. The number of hydrogen-bond acceptors (Lipinski definition) is 5. The van der Waals surface area contributed by atoms with Gasteiger partial charge in [0.05, 0.1) is 10.6 Å². The molecule has 1 N–H and O–H groups in total. The van der Waals surface area contributed by atoms with Gasteiger partial charge >= 0.3 is 6.01 Å². The van der Waals surface area contributed by atoms with Gasteiger partial charge in [-0.05, 0) is 36.6 Å². The second kappa shape index (κ2) is 7.98. The number of benzene rings is 2. The van der Waals surface area contributed by atoms with Crippen molar-refractivity contribution in [1.82, 2.24) is 15.5 Å². The lowest BCUT2D eigenvalue weighted by Crippen LogP contribution is -2.30. The molecule has 1 aliphatic heterocycles. The summed E-state index contributed by atoms with van der Waals surface area (Å²) in [5, 5.41) is 11.2. The van der Waals surface area contributed by atoms with Crippen LogP contribution < -0.4 is 10.2 Å². The van der Waals surface area contributed by atoms with Crippen LogP contribution in [0.1, 0.15) is 40.7 Å². The molecule has 28 heavy (non-hydrogen) atoms. The van der Waals surface area contributed by atoms with Crippen LogP contribution in [0, 0.1) is 5.82 Å². The maximum Gasteiger partial charge on any atom is 0.318 e. The van der Waals surface area contributed by atoms with E-state index in [1.54, 1.807) is 0 Å². The molecule has 144 valence electrons. The molecular weight excluding hydrogens is 383 g/mol. The zero-order valence-electron chi connectivity index (χ0n) is 14.9. The van der Waals surface area contributed by atoms with Gasteiger partial charge in [-0.2, -0.15) is 0 Å². The fraction of sp³-hybridized carbons (Fsp3) is 0.250. The molecule has 2 aromatic carbocycles. The quantitative estimate of drug-likeness (QED) is 0.701. The third-order valence-electron chi connectivity index (χ3n) is 4.64. The van der Waals surface area contributed by atoms with Crippen LogP contribution in [-0.4, -0.2) is 29.2 Å². The second-order valence-electron chi connectivity index (χ2n) is 6.56. The number of nitrogens with zero attached hydrogens (tertiary/aromatic N) is 3. The van der Waals surface area contributed by atoms with Crippen molar-refractivity contribution in [3.63, 3.8) is 0 Å². The Morgan fingerprint density at radius 1 is 1.14 bits per heavy atom. The Balaban J connectivity index is 1.63. The third-order valence-corrected chi connectivity index (χ3v) is 4.95. The number of anilines is 1. The minimum absolute atomic E-state index is 0.0348. The molecule has 0 saturated carbocycles. The van der Waals surface area contributed by atoms with E-state index < -0.39 is 17.8 Å². The van der Waals surface area contributed by atoms with Crippen LogP contribution in [0.15, 0.2) is 52.9 Å². The van der Waals surface area contributed by atoms with Gasteiger partial charge in [0.1, 0.15) is 11.9 Å². The molecule has 8 heteroatoms. The third kappa shape index (κ3) is 3.84. The Hall–Kier alpha value is -2.93. The van der Waals surface area contributed by atoms with Gasteiger partial charge in [0, 0.05) is 13.1 Å². The summed E-state index contributed by atoms with van der Waals surface area (Å²) in [5.74, 6) is -0.687. The summed E-state index contributed by atoms with van der Waals surface area (Å²) in [5.41, 5.74) is 0.953. The second-order valence-corrected chi connectivity index (χ2v) is 6.97. The minimum Gasteiger partial charge on any atom is -0.405 e. The Morgan fingerprint density at radius 3 is 2.61 bits per heavy atom. The number of halogens is 2. The highest BCUT2D eigenvalue weighted by Gasteiger charge is 2.26. The summed E-state index contributed by atoms with van der Waals surface area (Å²) in [6.45, 7) is 1.74. The van der Waals surface area contributed by atoms with Crippen molar-refractivity contribution in [1.29, 1.82) is 0 Å². The molecule has 2 heterocycles. The van der Waals surface area contributed by atoms with Crippen molar-refractivity contribution in [3.8, 4) is 0 Å². The van der Waals surface area contributed by atoms with Crippen LogP contribution in [0.5, 0.6) is 0 Å². The number of carbonyl (C=O) groups excluding carboxylic acids is 1. The molecule has 0 spiro atoms. The minimum atomic E-state index is -0.654. The number of carbonyl (C=O) groups is 1. The van der Waals surface area contributed by atoms with Crippen molar-refractivity contribution in [2.24, 2.45) is 0 Å². The fourth-order valence-corrected chi connectivity index (χ4v) is 3.45. The Bertz CT molecular complexity index is 973. The fourth-order valence-electron chi connectivity index (χ4n) is 3.19. The first-order valence-corrected chi connectivity index (χ1v) is 9.39. The largest absolute Gasteiger partial charge is 0.405 e. The van der Waals surface area contributed by atoms with Crippen molar-refractivity contribution in [2.75, 3.05) is 18.0 Å². The summed E-state index contributed by atoms with van der Waals surface area (Å²) < 4.78 is 19.2. The highest BCUT2D eigenvalue weighted by molar-refractivity contribution is 6.33. The first-order chi connectivity index (χ1) is 13.6. The van der Waals surface area contributed by atoms with Gasteiger partial charge in [0.2, 0.25) is 5.89 Å². The Kier molecular flexibility index (Phi) is 5.25. The summed E-state index contributed by atoms with van der Waals surface area (Å²) in [6, 6.07) is 12.7. The number of nitrogens with one attached hydrogen (secondary N) is 1. The van der Waals surface area contributed by atoms with Gasteiger partial charge in [0.25, 0.3) is 5.91 Å². The predicted octanol–water partition coefficient (Wildman–Crippen LogP) is 3.98.